The van der Waals surface area contributed by atoms with Gasteiger partial charge in [0, 0.05) is 30.9 Å². The molecule has 2 heterocycles. The van der Waals surface area contributed by atoms with Crippen molar-refractivity contribution in [3.8, 4) is 0 Å². The number of likely N-dealkylation sites (N-methyl/N-ethyl adjacent to an activating group) is 1. The molecule has 1 aliphatic heterocycles. The first-order chi connectivity index (χ1) is 10.8. The predicted molar refractivity (Wildman–Crippen MR) is 82.8 cm³/mol. The predicted octanol–water partition coefficient (Wildman–Crippen LogP) is -2.09. The average Bonchev–Trinajstić information content (AvgIpc) is 2.87. The summed E-state index contributed by atoms with van der Waals surface area (Å²) in [7, 11) is 0. The second kappa shape index (κ2) is 6.78. The highest BCUT2D eigenvalue weighted by Crippen LogP contribution is 2.17. The molecule has 1 aromatic rings. The highest BCUT2D eigenvalue weighted by molar-refractivity contribution is 5.88. The lowest BCUT2D eigenvalue weighted by Crippen LogP contribution is -2.48. The Bertz CT molecular complexity index is 723. The van der Waals surface area contributed by atoms with Crippen LogP contribution in [0.2, 0.25) is 0 Å². The Morgan fingerprint density at radius 1 is 1.43 bits per heavy atom. The van der Waals surface area contributed by atoms with Gasteiger partial charge in [-0.15, -0.1) is 0 Å². The van der Waals surface area contributed by atoms with Crippen LogP contribution in [-0.2, 0) is 16.1 Å². The number of aromatic amines is 1. The highest BCUT2D eigenvalue weighted by Gasteiger charge is 2.37. The van der Waals surface area contributed by atoms with Gasteiger partial charge < -0.3 is 16.0 Å². The molecule has 0 bridgehead atoms. The molecule has 1 fully saturated rings. The van der Waals surface area contributed by atoms with Crippen molar-refractivity contribution in [2.45, 2.75) is 38.9 Å². The van der Waals surface area contributed by atoms with Crippen LogP contribution in [0.15, 0.2) is 15.8 Å². The summed E-state index contributed by atoms with van der Waals surface area (Å²) in [5, 5.41) is 2.68. The second-order valence-electron chi connectivity index (χ2n) is 5.65. The summed E-state index contributed by atoms with van der Waals surface area (Å²) in [6, 6.07) is -0.905. The largest absolute Gasteiger partial charge is 0.355 e. The van der Waals surface area contributed by atoms with Gasteiger partial charge in [0.25, 0.3) is 5.56 Å². The first kappa shape index (κ1) is 16.9. The second-order valence-corrected chi connectivity index (χ2v) is 5.65. The summed E-state index contributed by atoms with van der Waals surface area (Å²) in [5.74, 6) is -0.637. The molecule has 1 aliphatic rings. The number of amides is 2. The van der Waals surface area contributed by atoms with Gasteiger partial charge in [0.1, 0.15) is 12.6 Å². The molecule has 0 unspecified atom stereocenters. The number of hydrogen-bond acceptors (Lipinski definition) is 5. The lowest BCUT2D eigenvalue weighted by atomic mass is 10.1. The molecule has 23 heavy (non-hydrogen) atoms. The minimum absolute atomic E-state index is 0.251. The zero-order valence-electron chi connectivity index (χ0n) is 13.2. The molecule has 0 aromatic carbocycles. The summed E-state index contributed by atoms with van der Waals surface area (Å²) < 4.78 is 1.12. The maximum Gasteiger partial charge on any atom is 0.328 e. The first-order valence-electron chi connectivity index (χ1n) is 7.46. The summed E-state index contributed by atoms with van der Waals surface area (Å²) in [6.07, 6.45) is 1.72. The molecule has 0 radical (unpaired) electrons. The molecule has 0 aliphatic carbocycles. The van der Waals surface area contributed by atoms with E-state index < -0.39 is 17.3 Å². The van der Waals surface area contributed by atoms with Crippen LogP contribution >= 0.6 is 0 Å². The third-order valence-corrected chi connectivity index (χ3v) is 3.80. The number of nitrogens with zero attached hydrogens (tertiary/aromatic N) is 2. The van der Waals surface area contributed by atoms with Gasteiger partial charge in [-0.1, -0.05) is 0 Å². The molecule has 4 N–H and O–H groups in total. The van der Waals surface area contributed by atoms with Crippen molar-refractivity contribution < 1.29 is 9.59 Å². The van der Waals surface area contributed by atoms with Gasteiger partial charge in [-0.2, -0.15) is 0 Å². The van der Waals surface area contributed by atoms with Crippen LogP contribution in [0.3, 0.4) is 0 Å². The standard InChI is InChI=1S/C14H21N5O4/c1-3-16-13(22)10-4-9(15)6-19(10)11(20)7-18-5-8(2)12(21)17-14(18)23/h5,9-10H,3-4,6-7,15H2,1-2H3,(H,16,22)(H,17,21,23)/t9-,10-/m0/s1. The van der Waals surface area contributed by atoms with Crippen molar-refractivity contribution in [3.05, 3.63) is 32.6 Å². The SMILES string of the molecule is CCNC(=O)[C@@H]1C[C@H](N)CN1C(=O)Cn1cc(C)c(=O)[nH]c1=O. The fraction of sp³-hybridized carbons (Fsp3) is 0.571. The number of carbonyl (C=O) groups excluding carboxylic acids is 2. The molecular weight excluding hydrogens is 302 g/mol. The van der Waals surface area contributed by atoms with Crippen molar-refractivity contribution in [1.29, 1.82) is 0 Å². The van der Waals surface area contributed by atoms with Crippen LogP contribution < -0.4 is 22.3 Å². The van der Waals surface area contributed by atoms with E-state index in [2.05, 4.69) is 10.3 Å². The molecule has 0 spiro atoms. The first-order valence-corrected chi connectivity index (χ1v) is 7.46. The average molecular weight is 323 g/mol. The van der Waals surface area contributed by atoms with Gasteiger partial charge in [-0.3, -0.25) is 23.9 Å². The lowest BCUT2D eigenvalue weighted by Gasteiger charge is -2.24. The van der Waals surface area contributed by atoms with Crippen LogP contribution in [0.5, 0.6) is 0 Å². The highest BCUT2D eigenvalue weighted by atomic mass is 16.2. The number of likely N-dealkylation sites (tertiary alicyclic amines) is 1. The van der Waals surface area contributed by atoms with Gasteiger partial charge in [0.15, 0.2) is 0 Å². The van der Waals surface area contributed by atoms with E-state index in [9.17, 15) is 19.2 Å². The van der Waals surface area contributed by atoms with E-state index >= 15 is 0 Å². The minimum Gasteiger partial charge on any atom is -0.355 e. The summed E-state index contributed by atoms with van der Waals surface area (Å²) >= 11 is 0. The molecule has 126 valence electrons. The van der Waals surface area contributed by atoms with Gasteiger partial charge in [0.05, 0.1) is 0 Å². The summed E-state index contributed by atoms with van der Waals surface area (Å²) in [4.78, 5) is 51.2. The Kier molecular flexibility index (Phi) is 4.99. The molecule has 1 saturated heterocycles. The van der Waals surface area contributed by atoms with Crippen molar-refractivity contribution in [2.24, 2.45) is 5.73 Å². The van der Waals surface area contributed by atoms with Crippen LogP contribution in [0, 0.1) is 6.92 Å². The number of H-pyrrole nitrogens is 1. The third kappa shape index (κ3) is 3.67. The summed E-state index contributed by atoms with van der Waals surface area (Å²) in [5.41, 5.74) is 5.05. The van der Waals surface area contributed by atoms with Crippen molar-refractivity contribution in [3.63, 3.8) is 0 Å². The van der Waals surface area contributed by atoms with Crippen molar-refractivity contribution in [2.75, 3.05) is 13.1 Å². The number of aryl methyl sites for hydroxylation is 1. The van der Waals surface area contributed by atoms with Gasteiger partial charge in [-0.25, -0.2) is 4.79 Å². The molecule has 2 rings (SSSR count). The Morgan fingerprint density at radius 2 is 2.13 bits per heavy atom. The van der Waals surface area contributed by atoms with E-state index in [1.807, 2.05) is 0 Å². The molecular formula is C14H21N5O4. The Hall–Kier alpha value is -2.42. The van der Waals surface area contributed by atoms with Crippen LogP contribution in [0.25, 0.3) is 0 Å². The van der Waals surface area contributed by atoms with E-state index in [1.165, 1.54) is 11.1 Å². The van der Waals surface area contributed by atoms with Crippen LogP contribution in [-0.4, -0.2) is 51.4 Å². The molecule has 9 heteroatoms. The van der Waals surface area contributed by atoms with E-state index in [0.717, 1.165) is 4.57 Å². The monoisotopic (exact) mass is 323 g/mol. The fourth-order valence-corrected chi connectivity index (χ4v) is 2.66. The van der Waals surface area contributed by atoms with E-state index in [4.69, 9.17) is 5.73 Å². The Balaban J connectivity index is 2.19. The number of hydrogen-bond donors (Lipinski definition) is 3. The number of carbonyl (C=O) groups is 2. The third-order valence-electron chi connectivity index (χ3n) is 3.80. The number of aromatic nitrogens is 2. The van der Waals surface area contributed by atoms with Crippen molar-refractivity contribution >= 4 is 11.8 Å². The molecule has 1 aromatic heterocycles. The molecule has 9 nitrogen and oxygen atoms in total. The quantitative estimate of drug-likeness (QED) is 0.585. The zero-order valence-corrected chi connectivity index (χ0v) is 13.2. The minimum atomic E-state index is -0.660. The van der Waals surface area contributed by atoms with Gasteiger partial charge >= 0.3 is 5.69 Å². The number of rotatable bonds is 4. The van der Waals surface area contributed by atoms with Gasteiger partial charge in [0.2, 0.25) is 11.8 Å². The normalized spacial score (nSPS) is 20.6. The van der Waals surface area contributed by atoms with E-state index in [-0.39, 0.29) is 30.9 Å². The molecule has 0 saturated carbocycles. The number of nitrogens with one attached hydrogen (secondary N) is 2. The van der Waals surface area contributed by atoms with E-state index in [0.29, 0.717) is 18.5 Å². The molecule has 2 atom stereocenters. The fourth-order valence-electron chi connectivity index (χ4n) is 2.66. The van der Waals surface area contributed by atoms with Crippen LogP contribution in [0.4, 0.5) is 0 Å². The van der Waals surface area contributed by atoms with Gasteiger partial charge in [-0.05, 0) is 20.3 Å². The summed E-state index contributed by atoms with van der Waals surface area (Å²) in [6.45, 7) is 3.81. The smallest absolute Gasteiger partial charge is 0.328 e. The number of nitrogens with two attached hydrogens (primary N) is 1. The topological polar surface area (TPSA) is 130 Å². The molecule has 2 amide bonds. The zero-order chi connectivity index (χ0) is 17.1. The van der Waals surface area contributed by atoms with E-state index in [1.54, 1.807) is 13.8 Å². The maximum atomic E-state index is 12.5. The van der Waals surface area contributed by atoms with Crippen molar-refractivity contribution in [1.82, 2.24) is 19.8 Å². The Labute approximate surface area is 132 Å². The Morgan fingerprint density at radius 3 is 2.78 bits per heavy atom. The van der Waals surface area contributed by atoms with Crippen LogP contribution in [0.1, 0.15) is 18.9 Å². The lowest BCUT2D eigenvalue weighted by molar-refractivity contribution is -0.138. The maximum absolute atomic E-state index is 12.5.